The Morgan fingerprint density at radius 2 is 1.91 bits per heavy atom. The van der Waals surface area contributed by atoms with E-state index in [0.29, 0.717) is 24.4 Å². The molecule has 2 aromatic carbocycles. The summed E-state index contributed by atoms with van der Waals surface area (Å²) in [6, 6.07) is 14.3. The first-order chi connectivity index (χ1) is 15.5. The van der Waals surface area contributed by atoms with Gasteiger partial charge in [-0.15, -0.1) is 0 Å². The van der Waals surface area contributed by atoms with E-state index in [1.807, 2.05) is 31.2 Å². The zero-order valence-corrected chi connectivity index (χ0v) is 18.7. The molecule has 0 bridgehead atoms. The number of thiocarbonyl (C=S) groups is 1. The van der Waals surface area contributed by atoms with Crippen molar-refractivity contribution >= 4 is 40.9 Å². The van der Waals surface area contributed by atoms with Crippen molar-refractivity contribution in [3.8, 4) is 5.75 Å². The lowest BCUT2D eigenvalue weighted by Gasteiger charge is -2.11. The Morgan fingerprint density at radius 3 is 2.56 bits per heavy atom. The highest BCUT2D eigenvalue weighted by atomic mass is 32.1. The van der Waals surface area contributed by atoms with Crippen LogP contribution < -0.4 is 20.7 Å². The fourth-order valence-electron chi connectivity index (χ4n) is 3.15. The van der Waals surface area contributed by atoms with Crippen LogP contribution in [0.2, 0.25) is 0 Å². The van der Waals surface area contributed by atoms with Crippen molar-refractivity contribution in [2.24, 2.45) is 0 Å². The van der Waals surface area contributed by atoms with Crippen LogP contribution in [0.15, 0.2) is 54.6 Å². The number of amides is 2. The smallest absolute Gasteiger partial charge is 0.251 e. The van der Waals surface area contributed by atoms with Crippen LogP contribution in [-0.2, 0) is 9.53 Å². The van der Waals surface area contributed by atoms with E-state index in [9.17, 15) is 9.59 Å². The number of carbonyl (C=O) groups excluding carboxylic acids is 2. The molecule has 1 saturated heterocycles. The summed E-state index contributed by atoms with van der Waals surface area (Å²) >= 11 is 5.19. The highest BCUT2D eigenvalue weighted by molar-refractivity contribution is 7.80. The third-order valence-electron chi connectivity index (χ3n) is 4.77. The van der Waals surface area contributed by atoms with Gasteiger partial charge in [0.2, 0.25) is 5.91 Å². The van der Waals surface area contributed by atoms with E-state index in [4.69, 9.17) is 21.7 Å². The van der Waals surface area contributed by atoms with Crippen molar-refractivity contribution in [3.63, 3.8) is 0 Å². The topological polar surface area (TPSA) is 88.7 Å². The molecule has 1 atom stereocenters. The lowest BCUT2D eigenvalue weighted by Crippen LogP contribution is -2.33. The number of carbonyl (C=O) groups is 2. The SMILES string of the molecule is CCOc1ccc(/C=C/C(=O)NC(=S)Nc2ccc(C(=O)NCC3CCCO3)cc2)cc1. The predicted octanol–water partition coefficient (Wildman–Crippen LogP) is 3.52. The normalized spacial score (nSPS) is 15.3. The van der Waals surface area contributed by atoms with E-state index in [1.165, 1.54) is 6.08 Å². The summed E-state index contributed by atoms with van der Waals surface area (Å²) in [5.74, 6) is 0.287. The number of anilines is 1. The molecule has 168 valence electrons. The summed E-state index contributed by atoms with van der Waals surface area (Å²) in [6.07, 6.45) is 5.21. The summed E-state index contributed by atoms with van der Waals surface area (Å²) in [7, 11) is 0. The number of rotatable bonds is 8. The van der Waals surface area contributed by atoms with Gasteiger partial charge in [-0.1, -0.05) is 12.1 Å². The number of ether oxygens (including phenoxy) is 2. The van der Waals surface area contributed by atoms with Crippen molar-refractivity contribution in [2.45, 2.75) is 25.9 Å². The Balaban J connectivity index is 1.43. The van der Waals surface area contributed by atoms with Gasteiger partial charge in [0.1, 0.15) is 5.75 Å². The van der Waals surface area contributed by atoms with Crippen LogP contribution in [0, 0.1) is 0 Å². The maximum absolute atomic E-state index is 12.2. The fraction of sp³-hybridized carbons (Fsp3) is 0.292. The molecular formula is C24H27N3O4S. The molecule has 3 rings (SSSR count). The van der Waals surface area contributed by atoms with E-state index in [-0.39, 0.29) is 23.0 Å². The number of benzene rings is 2. The molecule has 0 aromatic heterocycles. The lowest BCUT2D eigenvalue weighted by atomic mass is 10.2. The Labute approximate surface area is 193 Å². The zero-order valence-electron chi connectivity index (χ0n) is 17.9. The molecule has 32 heavy (non-hydrogen) atoms. The van der Waals surface area contributed by atoms with E-state index in [2.05, 4.69) is 16.0 Å². The maximum atomic E-state index is 12.2. The molecule has 1 heterocycles. The molecule has 3 N–H and O–H groups in total. The minimum absolute atomic E-state index is 0.101. The Morgan fingerprint density at radius 1 is 1.16 bits per heavy atom. The zero-order chi connectivity index (χ0) is 22.8. The molecular weight excluding hydrogens is 426 g/mol. The van der Waals surface area contributed by atoms with Crippen molar-refractivity contribution in [1.29, 1.82) is 0 Å². The molecule has 1 aliphatic rings. The van der Waals surface area contributed by atoms with E-state index >= 15 is 0 Å². The highest BCUT2D eigenvalue weighted by Gasteiger charge is 2.16. The largest absolute Gasteiger partial charge is 0.494 e. The molecule has 2 aromatic rings. The molecule has 0 spiro atoms. The molecule has 0 radical (unpaired) electrons. The first-order valence-corrected chi connectivity index (χ1v) is 11.0. The van der Waals surface area contributed by atoms with Crippen LogP contribution in [0.3, 0.4) is 0 Å². The molecule has 8 heteroatoms. The first-order valence-electron chi connectivity index (χ1n) is 10.6. The van der Waals surface area contributed by atoms with Gasteiger partial charge in [0.05, 0.1) is 12.7 Å². The van der Waals surface area contributed by atoms with Crippen LogP contribution >= 0.6 is 12.2 Å². The predicted molar refractivity (Wildman–Crippen MR) is 129 cm³/mol. The maximum Gasteiger partial charge on any atom is 0.251 e. The lowest BCUT2D eigenvalue weighted by molar-refractivity contribution is -0.115. The van der Waals surface area contributed by atoms with Gasteiger partial charge in [0, 0.05) is 30.5 Å². The Hall–Kier alpha value is -3.23. The van der Waals surface area contributed by atoms with Crippen molar-refractivity contribution in [2.75, 3.05) is 25.1 Å². The van der Waals surface area contributed by atoms with Crippen LogP contribution in [0.25, 0.3) is 6.08 Å². The van der Waals surface area contributed by atoms with Gasteiger partial charge in [-0.2, -0.15) is 0 Å². The average molecular weight is 454 g/mol. The molecule has 0 aliphatic carbocycles. The van der Waals surface area contributed by atoms with Crippen molar-refractivity contribution in [3.05, 3.63) is 65.7 Å². The monoisotopic (exact) mass is 453 g/mol. The number of hydrogen-bond acceptors (Lipinski definition) is 5. The molecule has 2 amide bonds. The van der Waals surface area contributed by atoms with Crippen LogP contribution in [-0.4, -0.2) is 42.8 Å². The minimum atomic E-state index is -0.346. The third kappa shape index (κ3) is 7.47. The summed E-state index contributed by atoms with van der Waals surface area (Å²) in [4.78, 5) is 24.3. The molecule has 1 unspecified atom stereocenters. The fourth-order valence-corrected chi connectivity index (χ4v) is 3.37. The van der Waals surface area contributed by atoms with Crippen molar-refractivity contribution in [1.82, 2.24) is 10.6 Å². The second-order valence-electron chi connectivity index (χ2n) is 7.20. The van der Waals surface area contributed by atoms with Gasteiger partial charge >= 0.3 is 0 Å². The molecule has 7 nitrogen and oxygen atoms in total. The minimum Gasteiger partial charge on any atom is -0.494 e. The van der Waals surface area contributed by atoms with Crippen molar-refractivity contribution < 1.29 is 19.1 Å². The van der Waals surface area contributed by atoms with E-state index in [0.717, 1.165) is 30.8 Å². The van der Waals surface area contributed by atoms with Gasteiger partial charge in [0.15, 0.2) is 5.11 Å². The van der Waals surface area contributed by atoms with Gasteiger partial charge in [-0.25, -0.2) is 0 Å². The van der Waals surface area contributed by atoms with Crippen LogP contribution in [0.4, 0.5) is 5.69 Å². The van der Waals surface area contributed by atoms with Gasteiger partial charge in [-0.3, -0.25) is 14.9 Å². The highest BCUT2D eigenvalue weighted by Crippen LogP contribution is 2.14. The quantitative estimate of drug-likeness (QED) is 0.419. The van der Waals surface area contributed by atoms with Crippen LogP contribution in [0.5, 0.6) is 5.75 Å². The van der Waals surface area contributed by atoms with Gasteiger partial charge in [0.25, 0.3) is 5.91 Å². The van der Waals surface area contributed by atoms with Crippen LogP contribution in [0.1, 0.15) is 35.7 Å². The Kier molecular flexibility index (Phi) is 8.77. The van der Waals surface area contributed by atoms with Gasteiger partial charge in [-0.05, 0) is 80.0 Å². The standard InChI is InChI=1S/C24H27N3O4S/c1-2-30-20-12-5-17(6-13-20)7-14-22(28)27-24(32)26-19-10-8-18(9-11-19)23(29)25-16-21-4-3-15-31-21/h5-14,21H,2-4,15-16H2,1H3,(H,25,29)(H2,26,27,28,32)/b14-7+. The summed E-state index contributed by atoms with van der Waals surface area (Å²) < 4.78 is 10.9. The van der Waals surface area contributed by atoms with E-state index in [1.54, 1.807) is 30.3 Å². The first kappa shape index (κ1) is 23.4. The second kappa shape index (κ2) is 12.0. The Bertz CT molecular complexity index is 952. The third-order valence-corrected chi connectivity index (χ3v) is 4.98. The summed E-state index contributed by atoms with van der Waals surface area (Å²) in [5.41, 5.74) is 2.08. The van der Waals surface area contributed by atoms with E-state index < -0.39 is 0 Å². The van der Waals surface area contributed by atoms with Gasteiger partial charge < -0.3 is 20.1 Å². The molecule has 1 fully saturated rings. The summed E-state index contributed by atoms with van der Waals surface area (Å²) in [5, 5.41) is 8.58. The summed E-state index contributed by atoms with van der Waals surface area (Å²) in [6.45, 7) is 3.80. The second-order valence-corrected chi connectivity index (χ2v) is 7.61. The molecule has 0 saturated carbocycles. The number of hydrogen-bond donors (Lipinski definition) is 3. The molecule has 1 aliphatic heterocycles. The number of nitrogens with one attached hydrogen (secondary N) is 3. The average Bonchev–Trinajstić information content (AvgIpc) is 3.31.